The molecule has 1 aliphatic rings. The number of aliphatic hydroxyl groups is 1. The highest BCUT2D eigenvalue weighted by atomic mass is 16.3. The third-order valence-corrected chi connectivity index (χ3v) is 3.00. The lowest BCUT2D eigenvalue weighted by molar-refractivity contribution is -0.117. The molecule has 0 aliphatic carbocycles. The molecule has 0 aromatic carbocycles. The summed E-state index contributed by atoms with van der Waals surface area (Å²) in [7, 11) is 0. The maximum atomic E-state index is 11.9. The number of nitrogens with two attached hydrogens (primary N) is 1. The van der Waals surface area contributed by atoms with Crippen molar-refractivity contribution in [1.82, 2.24) is 19.9 Å². The van der Waals surface area contributed by atoms with Crippen LogP contribution in [0.25, 0.3) is 11.2 Å². The molecule has 1 saturated heterocycles. The van der Waals surface area contributed by atoms with Gasteiger partial charge in [0.05, 0.1) is 6.33 Å². The normalized spacial score (nSPS) is 19.9. The SMILES string of the molecule is Nc1nc(N2CC(CO)CC2=O)c2[nH]cnc2n1. The molecule has 0 saturated carbocycles. The van der Waals surface area contributed by atoms with E-state index in [9.17, 15) is 4.79 Å². The van der Waals surface area contributed by atoms with Crippen molar-refractivity contribution in [2.45, 2.75) is 6.42 Å². The monoisotopic (exact) mass is 248 g/mol. The summed E-state index contributed by atoms with van der Waals surface area (Å²) < 4.78 is 0. The Morgan fingerprint density at radius 3 is 3.11 bits per heavy atom. The molecule has 18 heavy (non-hydrogen) atoms. The number of nitrogens with zero attached hydrogens (tertiary/aromatic N) is 4. The Labute approximate surface area is 102 Å². The highest BCUT2D eigenvalue weighted by molar-refractivity contribution is 6.00. The molecule has 3 rings (SSSR count). The molecule has 0 radical (unpaired) electrons. The molecule has 8 nitrogen and oxygen atoms in total. The first-order chi connectivity index (χ1) is 8.69. The summed E-state index contributed by atoms with van der Waals surface area (Å²) in [5.41, 5.74) is 6.61. The first-order valence-corrected chi connectivity index (χ1v) is 5.57. The van der Waals surface area contributed by atoms with E-state index < -0.39 is 0 Å². The van der Waals surface area contributed by atoms with E-state index in [1.165, 1.54) is 11.2 Å². The quantitative estimate of drug-likeness (QED) is 0.645. The Morgan fingerprint density at radius 1 is 1.56 bits per heavy atom. The summed E-state index contributed by atoms with van der Waals surface area (Å²) in [6.07, 6.45) is 1.79. The minimum absolute atomic E-state index is 0.0189. The second-order valence-corrected chi connectivity index (χ2v) is 4.26. The van der Waals surface area contributed by atoms with Crippen LogP contribution in [0.4, 0.5) is 11.8 Å². The third-order valence-electron chi connectivity index (χ3n) is 3.00. The number of aromatic amines is 1. The van der Waals surface area contributed by atoms with Crippen molar-refractivity contribution in [3.63, 3.8) is 0 Å². The van der Waals surface area contributed by atoms with Gasteiger partial charge in [-0.15, -0.1) is 0 Å². The molecule has 2 aromatic rings. The molecular formula is C10H12N6O2. The van der Waals surface area contributed by atoms with Crippen LogP contribution >= 0.6 is 0 Å². The number of nitrogen functional groups attached to an aromatic ring is 1. The largest absolute Gasteiger partial charge is 0.396 e. The number of fused-ring (bicyclic) bond motifs is 1. The van der Waals surface area contributed by atoms with Gasteiger partial charge in [-0.2, -0.15) is 9.97 Å². The Balaban J connectivity index is 2.09. The number of imidazole rings is 1. The van der Waals surface area contributed by atoms with E-state index in [0.717, 1.165) is 0 Å². The van der Waals surface area contributed by atoms with E-state index in [-0.39, 0.29) is 24.4 Å². The fourth-order valence-electron chi connectivity index (χ4n) is 2.14. The number of H-pyrrole nitrogens is 1. The van der Waals surface area contributed by atoms with Crippen molar-refractivity contribution in [2.24, 2.45) is 5.92 Å². The van der Waals surface area contributed by atoms with Crippen LogP contribution in [0, 0.1) is 5.92 Å². The fraction of sp³-hybridized carbons (Fsp3) is 0.400. The van der Waals surface area contributed by atoms with Crippen LogP contribution in [-0.2, 0) is 4.79 Å². The van der Waals surface area contributed by atoms with Gasteiger partial charge in [0.1, 0.15) is 5.52 Å². The zero-order valence-corrected chi connectivity index (χ0v) is 9.50. The fourth-order valence-corrected chi connectivity index (χ4v) is 2.14. The van der Waals surface area contributed by atoms with Gasteiger partial charge in [0.25, 0.3) is 0 Å². The van der Waals surface area contributed by atoms with Crippen LogP contribution in [-0.4, -0.2) is 44.1 Å². The number of amides is 1. The lowest BCUT2D eigenvalue weighted by atomic mass is 10.1. The molecular weight excluding hydrogens is 236 g/mol. The Morgan fingerprint density at radius 2 is 2.39 bits per heavy atom. The predicted molar refractivity (Wildman–Crippen MR) is 63.6 cm³/mol. The van der Waals surface area contributed by atoms with Crippen molar-refractivity contribution >= 4 is 28.8 Å². The molecule has 1 atom stereocenters. The predicted octanol–water partition coefficient (Wildman–Crippen LogP) is -0.720. The first-order valence-electron chi connectivity index (χ1n) is 5.57. The molecule has 1 aliphatic heterocycles. The minimum Gasteiger partial charge on any atom is -0.396 e. The Bertz CT molecular complexity index is 609. The number of carbonyl (C=O) groups excluding carboxylic acids is 1. The van der Waals surface area contributed by atoms with Gasteiger partial charge >= 0.3 is 0 Å². The van der Waals surface area contributed by atoms with Crippen LogP contribution in [0.3, 0.4) is 0 Å². The highest BCUT2D eigenvalue weighted by Gasteiger charge is 2.32. The number of carbonyl (C=O) groups is 1. The number of aromatic nitrogens is 4. The van der Waals surface area contributed by atoms with Crippen LogP contribution in [0.15, 0.2) is 6.33 Å². The van der Waals surface area contributed by atoms with Crippen LogP contribution in [0.1, 0.15) is 6.42 Å². The standard InChI is InChI=1S/C10H12N6O2/c11-10-14-8-7(12-4-13-8)9(15-10)16-2-5(3-17)1-6(16)18/h4-5,17H,1-3H2,(H3,11,12,13,14,15). The van der Waals surface area contributed by atoms with E-state index in [4.69, 9.17) is 10.8 Å². The lowest BCUT2D eigenvalue weighted by Gasteiger charge is -2.15. The minimum atomic E-state index is -0.0805. The van der Waals surface area contributed by atoms with E-state index in [0.29, 0.717) is 29.9 Å². The average Bonchev–Trinajstić information content (AvgIpc) is 2.94. The molecule has 3 heterocycles. The van der Waals surface area contributed by atoms with Crippen molar-refractivity contribution in [1.29, 1.82) is 0 Å². The van der Waals surface area contributed by atoms with Gasteiger partial charge in [-0.05, 0) is 0 Å². The van der Waals surface area contributed by atoms with Gasteiger partial charge in [0.15, 0.2) is 11.5 Å². The van der Waals surface area contributed by atoms with Gasteiger partial charge in [-0.1, -0.05) is 0 Å². The van der Waals surface area contributed by atoms with Gasteiger partial charge in [-0.3, -0.25) is 9.69 Å². The maximum absolute atomic E-state index is 11.9. The summed E-state index contributed by atoms with van der Waals surface area (Å²) in [5.74, 6) is 0.357. The van der Waals surface area contributed by atoms with Crippen molar-refractivity contribution in [2.75, 3.05) is 23.8 Å². The van der Waals surface area contributed by atoms with Crippen molar-refractivity contribution < 1.29 is 9.90 Å². The van der Waals surface area contributed by atoms with Crippen LogP contribution in [0.2, 0.25) is 0 Å². The molecule has 94 valence electrons. The van der Waals surface area contributed by atoms with Crippen LogP contribution < -0.4 is 10.6 Å². The number of nitrogens with one attached hydrogen (secondary N) is 1. The van der Waals surface area contributed by atoms with Gasteiger partial charge in [-0.25, -0.2) is 4.98 Å². The molecule has 1 amide bonds. The second kappa shape index (κ2) is 3.91. The smallest absolute Gasteiger partial charge is 0.228 e. The van der Waals surface area contributed by atoms with E-state index in [1.807, 2.05) is 0 Å². The molecule has 4 N–H and O–H groups in total. The lowest BCUT2D eigenvalue weighted by Crippen LogP contribution is -2.26. The Hall–Kier alpha value is -2.22. The second-order valence-electron chi connectivity index (χ2n) is 4.26. The number of hydrogen-bond donors (Lipinski definition) is 3. The average molecular weight is 248 g/mol. The number of hydrogen-bond acceptors (Lipinski definition) is 6. The van der Waals surface area contributed by atoms with E-state index in [1.54, 1.807) is 0 Å². The summed E-state index contributed by atoms with van der Waals surface area (Å²) in [6, 6.07) is 0. The zero-order valence-electron chi connectivity index (χ0n) is 9.50. The molecule has 8 heteroatoms. The topological polar surface area (TPSA) is 121 Å². The van der Waals surface area contributed by atoms with Gasteiger partial charge in [0.2, 0.25) is 11.9 Å². The van der Waals surface area contributed by atoms with Crippen LogP contribution in [0.5, 0.6) is 0 Å². The zero-order chi connectivity index (χ0) is 12.7. The van der Waals surface area contributed by atoms with E-state index >= 15 is 0 Å². The van der Waals surface area contributed by atoms with Gasteiger partial charge < -0.3 is 15.8 Å². The van der Waals surface area contributed by atoms with Gasteiger partial charge in [0, 0.05) is 25.5 Å². The number of rotatable bonds is 2. The molecule has 0 spiro atoms. The molecule has 2 aromatic heterocycles. The summed E-state index contributed by atoms with van der Waals surface area (Å²) in [4.78, 5) is 28.4. The van der Waals surface area contributed by atoms with E-state index in [2.05, 4.69) is 19.9 Å². The number of anilines is 2. The third kappa shape index (κ3) is 1.58. The molecule has 1 fully saturated rings. The summed E-state index contributed by atoms with van der Waals surface area (Å²) in [6.45, 7) is 0.412. The summed E-state index contributed by atoms with van der Waals surface area (Å²) >= 11 is 0. The number of aliphatic hydroxyl groups excluding tert-OH is 1. The first kappa shape index (κ1) is 10.9. The highest BCUT2D eigenvalue weighted by Crippen LogP contribution is 2.28. The molecule has 1 unspecified atom stereocenters. The summed E-state index contributed by atoms with van der Waals surface area (Å²) in [5, 5.41) is 9.12. The molecule has 0 bridgehead atoms. The Kier molecular flexibility index (Phi) is 2.37. The van der Waals surface area contributed by atoms with Crippen molar-refractivity contribution in [3.05, 3.63) is 6.33 Å². The van der Waals surface area contributed by atoms with Crippen molar-refractivity contribution in [3.8, 4) is 0 Å². The maximum Gasteiger partial charge on any atom is 0.228 e.